The van der Waals surface area contributed by atoms with Crippen LogP contribution in [0.5, 0.6) is 17.2 Å². The molecule has 0 amide bonds. The summed E-state index contributed by atoms with van der Waals surface area (Å²) in [5.74, 6) is 0.594. The molecule has 0 fully saturated rings. The number of aliphatic hydroxyl groups is 1. The molecule has 0 aliphatic carbocycles. The molecular weight excluding hydrogens is 580 g/mol. The number of benzene rings is 4. The number of rotatable bonds is 14. The Morgan fingerprint density at radius 3 is 2.33 bits per heavy atom. The van der Waals surface area contributed by atoms with Crippen molar-refractivity contribution in [2.45, 2.75) is 52.3 Å². The third-order valence-corrected chi connectivity index (χ3v) is 8.31. The van der Waals surface area contributed by atoms with Gasteiger partial charge >= 0.3 is 5.97 Å². The van der Waals surface area contributed by atoms with E-state index in [0.717, 1.165) is 44.4 Å². The Bertz CT molecular complexity index is 1840. The van der Waals surface area contributed by atoms with E-state index in [9.17, 15) is 15.0 Å². The van der Waals surface area contributed by atoms with Crippen LogP contribution in [0, 0.1) is 5.92 Å². The summed E-state index contributed by atoms with van der Waals surface area (Å²) in [6, 6.07) is 29.5. The molecule has 0 saturated heterocycles. The van der Waals surface area contributed by atoms with Crippen LogP contribution in [0.4, 0.5) is 0 Å². The minimum atomic E-state index is -1.10. The summed E-state index contributed by atoms with van der Waals surface area (Å²) in [5.41, 5.74) is 3.82. The Labute approximate surface area is 269 Å². The number of aromatic nitrogens is 1. The summed E-state index contributed by atoms with van der Waals surface area (Å²) in [4.78, 5) is 16.1. The number of nitrogens with zero attached hydrogens (tertiary/aromatic N) is 2. The third kappa shape index (κ3) is 7.35. The van der Waals surface area contributed by atoms with Gasteiger partial charge in [-0.3, -0.25) is 9.79 Å². The molecule has 5 aromatic rings. The van der Waals surface area contributed by atoms with E-state index in [1.165, 1.54) is 0 Å². The molecule has 1 heterocycles. The van der Waals surface area contributed by atoms with Gasteiger partial charge in [0.25, 0.3) is 0 Å². The average Bonchev–Trinajstić information content (AvgIpc) is 3.36. The zero-order valence-electron chi connectivity index (χ0n) is 27.1. The molecule has 5 rings (SSSR count). The Balaban J connectivity index is 1.39. The number of carboxylic acid groups (broad SMARTS) is 1. The summed E-state index contributed by atoms with van der Waals surface area (Å²) in [6.45, 7) is 8.17. The molecule has 4 aromatic carbocycles. The SMILES string of the molecule is COc1cc(Cn2c3ccccc3c3c(OCCC(C)C(=O)O)cccc32)ccc1OCC(N=C(C)c1ccccc1)C(C)(C)O. The number of hydrogen-bond donors (Lipinski definition) is 2. The number of carboxylic acids is 1. The highest BCUT2D eigenvalue weighted by atomic mass is 16.5. The maximum Gasteiger partial charge on any atom is 0.306 e. The quantitative estimate of drug-likeness (QED) is 0.125. The van der Waals surface area contributed by atoms with Gasteiger partial charge in [-0.05, 0) is 68.7 Å². The molecule has 2 N–H and O–H groups in total. The molecular formula is C38H42N2O6. The first-order valence-corrected chi connectivity index (χ1v) is 15.5. The van der Waals surface area contributed by atoms with Gasteiger partial charge < -0.3 is 29.0 Å². The van der Waals surface area contributed by atoms with Crippen molar-refractivity contribution >= 4 is 33.5 Å². The molecule has 0 saturated carbocycles. The van der Waals surface area contributed by atoms with E-state index in [-0.39, 0.29) is 6.61 Å². The molecule has 1 aromatic heterocycles. The van der Waals surface area contributed by atoms with Gasteiger partial charge in [0.2, 0.25) is 0 Å². The molecule has 0 aliphatic heterocycles. The van der Waals surface area contributed by atoms with Gasteiger partial charge in [-0.15, -0.1) is 0 Å². The highest BCUT2D eigenvalue weighted by Gasteiger charge is 2.28. The first-order chi connectivity index (χ1) is 22.1. The molecule has 8 heteroatoms. The van der Waals surface area contributed by atoms with Crippen LogP contribution in [0.15, 0.2) is 96.0 Å². The lowest BCUT2D eigenvalue weighted by Gasteiger charge is -2.27. The van der Waals surface area contributed by atoms with E-state index < -0.39 is 23.5 Å². The minimum absolute atomic E-state index is 0.171. The lowest BCUT2D eigenvalue weighted by atomic mass is 9.99. The number of methoxy groups -OCH3 is 1. The number of hydrogen-bond acceptors (Lipinski definition) is 6. The maximum absolute atomic E-state index is 11.3. The maximum atomic E-state index is 11.3. The standard InChI is InChI=1S/C38H42N2O6/c1-25(37(41)42)20-21-45-33-17-11-16-31-36(33)29-14-9-10-15-30(29)40(31)23-27-18-19-32(34(22-27)44-5)46-24-35(38(3,4)43)39-26(2)28-12-7-6-8-13-28/h6-19,22,25,35,43H,20-21,23-24H2,1-5H3,(H,41,42). The van der Waals surface area contributed by atoms with Gasteiger partial charge in [0.05, 0.1) is 30.8 Å². The van der Waals surface area contributed by atoms with Crippen molar-refractivity contribution in [3.63, 3.8) is 0 Å². The van der Waals surface area contributed by atoms with Crippen LogP contribution in [-0.2, 0) is 11.3 Å². The van der Waals surface area contributed by atoms with Crippen LogP contribution in [0.1, 0.15) is 45.2 Å². The Morgan fingerprint density at radius 2 is 1.61 bits per heavy atom. The van der Waals surface area contributed by atoms with Crippen LogP contribution in [0.3, 0.4) is 0 Å². The van der Waals surface area contributed by atoms with Crippen LogP contribution in [0.25, 0.3) is 21.8 Å². The van der Waals surface area contributed by atoms with Crippen molar-refractivity contribution in [1.82, 2.24) is 4.57 Å². The van der Waals surface area contributed by atoms with E-state index in [4.69, 9.17) is 19.2 Å². The Hall–Kier alpha value is -4.82. The second-order valence-electron chi connectivity index (χ2n) is 12.2. The van der Waals surface area contributed by atoms with Gasteiger partial charge in [0.1, 0.15) is 18.4 Å². The fourth-order valence-electron chi connectivity index (χ4n) is 5.49. The van der Waals surface area contributed by atoms with Gasteiger partial charge in [0.15, 0.2) is 11.5 Å². The molecule has 0 radical (unpaired) electrons. The molecule has 0 spiro atoms. The zero-order chi connectivity index (χ0) is 32.8. The van der Waals surface area contributed by atoms with Crippen molar-refractivity contribution in [3.05, 3.63) is 102 Å². The van der Waals surface area contributed by atoms with E-state index in [2.05, 4.69) is 22.8 Å². The first kappa shape index (κ1) is 32.6. The van der Waals surface area contributed by atoms with Gasteiger partial charge in [-0.1, -0.05) is 67.6 Å². The lowest BCUT2D eigenvalue weighted by Crippen LogP contribution is -2.39. The van der Waals surface area contributed by atoms with Gasteiger partial charge in [0, 0.05) is 28.5 Å². The summed E-state index contributed by atoms with van der Waals surface area (Å²) < 4.78 is 20.4. The largest absolute Gasteiger partial charge is 0.493 e. The number of aliphatic imine (C=N–C) groups is 1. The second kappa shape index (κ2) is 14.1. The monoisotopic (exact) mass is 622 g/mol. The van der Waals surface area contributed by atoms with Crippen LogP contribution < -0.4 is 14.2 Å². The Morgan fingerprint density at radius 1 is 0.891 bits per heavy atom. The number of fused-ring (bicyclic) bond motifs is 3. The third-order valence-electron chi connectivity index (χ3n) is 8.31. The van der Waals surface area contributed by atoms with E-state index in [1.54, 1.807) is 27.9 Å². The molecule has 2 atom stereocenters. The summed E-state index contributed by atoms with van der Waals surface area (Å²) in [7, 11) is 1.62. The smallest absolute Gasteiger partial charge is 0.306 e. The predicted molar refractivity (Wildman–Crippen MR) is 183 cm³/mol. The average molecular weight is 623 g/mol. The summed E-state index contributed by atoms with van der Waals surface area (Å²) >= 11 is 0. The van der Waals surface area contributed by atoms with E-state index in [1.807, 2.05) is 79.7 Å². The van der Waals surface area contributed by atoms with Crippen LogP contribution in [-0.4, -0.2) is 58.4 Å². The van der Waals surface area contributed by atoms with Crippen molar-refractivity contribution in [1.29, 1.82) is 0 Å². The van der Waals surface area contributed by atoms with Crippen molar-refractivity contribution < 1.29 is 29.2 Å². The zero-order valence-corrected chi connectivity index (χ0v) is 27.1. The van der Waals surface area contributed by atoms with Crippen LogP contribution >= 0.6 is 0 Å². The number of para-hydroxylation sites is 1. The normalized spacial score (nSPS) is 13.5. The highest BCUT2D eigenvalue weighted by Crippen LogP contribution is 2.37. The molecule has 46 heavy (non-hydrogen) atoms. The van der Waals surface area contributed by atoms with Crippen molar-refractivity contribution in [2.75, 3.05) is 20.3 Å². The molecule has 8 nitrogen and oxygen atoms in total. The Kier molecular flexibility index (Phi) is 9.97. The predicted octanol–water partition coefficient (Wildman–Crippen LogP) is 7.37. The minimum Gasteiger partial charge on any atom is -0.493 e. The van der Waals surface area contributed by atoms with Crippen molar-refractivity contribution in [2.24, 2.45) is 10.9 Å². The summed E-state index contributed by atoms with van der Waals surface area (Å²) in [5, 5.41) is 22.2. The molecule has 2 unspecified atom stereocenters. The number of carbonyl (C=O) groups is 1. The highest BCUT2D eigenvalue weighted by molar-refractivity contribution is 6.11. The summed E-state index contributed by atoms with van der Waals surface area (Å²) in [6.07, 6.45) is 0.425. The second-order valence-corrected chi connectivity index (χ2v) is 12.2. The van der Waals surface area contributed by atoms with Gasteiger partial charge in [-0.25, -0.2) is 0 Å². The fourth-order valence-corrected chi connectivity index (χ4v) is 5.49. The number of aliphatic carboxylic acids is 1. The van der Waals surface area contributed by atoms with Crippen molar-refractivity contribution in [3.8, 4) is 17.2 Å². The molecule has 0 bridgehead atoms. The molecule has 0 aliphatic rings. The van der Waals surface area contributed by atoms with Crippen LogP contribution in [0.2, 0.25) is 0 Å². The lowest BCUT2D eigenvalue weighted by molar-refractivity contribution is -0.141. The van der Waals surface area contributed by atoms with Gasteiger partial charge in [-0.2, -0.15) is 0 Å². The topological polar surface area (TPSA) is 103 Å². The van der Waals surface area contributed by atoms with E-state index >= 15 is 0 Å². The fraction of sp³-hybridized carbons (Fsp3) is 0.316. The molecule has 240 valence electrons. The first-order valence-electron chi connectivity index (χ1n) is 15.5. The number of ether oxygens (including phenoxy) is 3. The van der Waals surface area contributed by atoms with E-state index in [0.29, 0.717) is 31.1 Å².